The summed E-state index contributed by atoms with van der Waals surface area (Å²) in [7, 11) is 0. The smallest absolute Gasteiger partial charge is 0.269 e. The number of nitrogens with zero attached hydrogens (tertiary/aromatic N) is 5. The molecule has 1 aliphatic rings. The average molecular weight is 521 g/mol. The number of guanidine groups is 1. The van der Waals surface area contributed by atoms with Crippen molar-refractivity contribution in [2.24, 2.45) is 4.99 Å². The number of nitro groups is 1. The van der Waals surface area contributed by atoms with Crippen molar-refractivity contribution in [2.45, 2.75) is 44.8 Å². The topological polar surface area (TPSA) is 110 Å². The Morgan fingerprint density at radius 1 is 1.17 bits per heavy atom. The van der Waals surface area contributed by atoms with Crippen molar-refractivity contribution in [1.82, 2.24) is 25.2 Å². The number of benzene rings is 1. The molecule has 158 valence electrons. The summed E-state index contributed by atoms with van der Waals surface area (Å²) in [6.07, 6.45) is 6.65. The van der Waals surface area contributed by atoms with Gasteiger partial charge in [-0.3, -0.25) is 14.5 Å². The number of fused-ring (bicyclic) bond motifs is 1. The first-order chi connectivity index (χ1) is 14.2. The number of nitro benzene ring substituents is 1. The highest BCUT2D eigenvalue weighted by atomic mass is 127. The van der Waals surface area contributed by atoms with Gasteiger partial charge in [0.05, 0.1) is 18.0 Å². The first-order valence-corrected chi connectivity index (χ1v) is 9.76. The van der Waals surface area contributed by atoms with E-state index in [1.807, 2.05) is 28.8 Å². The molecule has 0 amide bonds. The Hall–Kier alpha value is -2.76. The second-order valence-corrected chi connectivity index (χ2v) is 7.11. The molecule has 0 atom stereocenters. The highest BCUT2D eigenvalue weighted by Crippen LogP contribution is 2.17. The lowest BCUT2D eigenvalue weighted by Crippen LogP contribution is -2.42. The SMILES string of the molecule is I.O=[N+]([O-])c1ccc(CN=C(NCc2nnc3ccccn23)NC2CCCC2)cc1. The maximum absolute atomic E-state index is 10.8. The predicted molar refractivity (Wildman–Crippen MR) is 125 cm³/mol. The van der Waals surface area contributed by atoms with E-state index in [0.29, 0.717) is 25.1 Å². The highest BCUT2D eigenvalue weighted by Gasteiger charge is 2.16. The molecule has 2 heterocycles. The van der Waals surface area contributed by atoms with Crippen molar-refractivity contribution in [3.05, 3.63) is 70.2 Å². The van der Waals surface area contributed by atoms with E-state index in [1.165, 1.54) is 25.0 Å². The zero-order valence-electron chi connectivity index (χ0n) is 16.4. The summed E-state index contributed by atoms with van der Waals surface area (Å²) in [6, 6.07) is 12.7. The van der Waals surface area contributed by atoms with E-state index in [0.717, 1.165) is 29.9 Å². The number of hydrogen-bond acceptors (Lipinski definition) is 5. The van der Waals surface area contributed by atoms with Crippen LogP contribution in [0.25, 0.3) is 5.65 Å². The maximum atomic E-state index is 10.8. The minimum atomic E-state index is -0.398. The molecular formula is C20H24IN7O2. The molecule has 1 aliphatic carbocycles. The van der Waals surface area contributed by atoms with Crippen LogP contribution in [0, 0.1) is 10.1 Å². The summed E-state index contributed by atoms with van der Waals surface area (Å²) in [4.78, 5) is 15.1. The molecule has 0 saturated heterocycles. The van der Waals surface area contributed by atoms with Gasteiger partial charge in [0.25, 0.3) is 5.69 Å². The van der Waals surface area contributed by atoms with Gasteiger partial charge in [-0.2, -0.15) is 0 Å². The maximum Gasteiger partial charge on any atom is 0.269 e. The second-order valence-electron chi connectivity index (χ2n) is 7.11. The van der Waals surface area contributed by atoms with Crippen LogP contribution in [0.1, 0.15) is 37.1 Å². The lowest BCUT2D eigenvalue weighted by molar-refractivity contribution is -0.384. The molecule has 1 fully saturated rings. The summed E-state index contributed by atoms with van der Waals surface area (Å²) in [6.45, 7) is 0.921. The zero-order chi connectivity index (χ0) is 20.1. The lowest BCUT2D eigenvalue weighted by Gasteiger charge is -2.17. The van der Waals surface area contributed by atoms with Crippen molar-refractivity contribution in [1.29, 1.82) is 0 Å². The average Bonchev–Trinajstić information content (AvgIpc) is 3.40. The zero-order valence-corrected chi connectivity index (χ0v) is 18.7. The Balaban J connectivity index is 0.00000256. The van der Waals surface area contributed by atoms with Gasteiger partial charge in [0.15, 0.2) is 17.4 Å². The van der Waals surface area contributed by atoms with Gasteiger partial charge in [0.1, 0.15) is 0 Å². The minimum Gasteiger partial charge on any atom is -0.354 e. The third kappa shape index (κ3) is 5.43. The van der Waals surface area contributed by atoms with Crippen molar-refractivity contribution in [3.8, 4) is 0 Å². The Kier molecular flexibility index (Phi) is 7.55. The Morgan fingerprint density at radius 3 is 2.67 bits per heavy atom. The summed E-state index contributed by atoms with van der Waals surface area (Å²) in [5.74, 6) is 1.51. The van der Waals surface area contributed by atoms with E-state index in [1.54, 1.807) is 12.1 Å². The van der Waals surface area contributed by atoms with E-state index in [-0.39, 0.29) is 29.7 Å². The second kappa shape index (κ2) is 10.3. The molecule has 10 heteroatoms. The molecule has 0 aliphatic heterocycles. The molecular weight excluding hydrogens is 497 g/mol. The monoisotopic (exact) mass is 521 g/mol. The van der Waals surface area contributed by atoms with E-state index < -0.39 is 4.92 Å². The number of hydrogen-bond donors (Lipinski definition) is 2. The predicted octanol–water partition coefficient (Wildman–Crippen LogP) is 3.43. The van der Waals surface area contributed by atoms with Crippen LogP contribution in [0.15, 0.2) is 53.7 Å². The highest BCUT2D eigenvalue weighted by molar-refractivity contribution is 14.0. The summed E-state index contributed by atoms with van der Waals surface area (Å²) in [5.41, 5.74) is 1.80. The van der Waals surface area contributed by atoms with Crippen LogP contribution >= 0.6 is 24.0 Å². The first-order valence-electron chi connectivity index (χ1n) is 9.76. The molecule has 0 bridgehead atoms. The third-order valence-corrected chi connectivity index (χ3v) is 5.06. The number of nitrogens with one attached hydrogen (secondary N) is 2. The molecule has 30 heavy (non-hydrogen) atoms. The van der Waals surface area contributed by atoms with Crippen LogP contribution in [0.3, 0.4) is 0 Å². The van der Waals surface area contributed by atoms with Gasteiger partial charge < -0.3 is 10.6 Å². The third-order valence-electron chi connectivity index (χ3n) is 5.06. The summed E-state index contributed by atoms with van der Waals surface area (Å²) < 4.78 is 1.94. The van der Waals surface area contributed by atoms with E-state index in [9.17, 15) is 10.1 Å². The van der Waals surface area contributed by atoms with Gasteiger partial charge in [0, 0.05) is 24.4 Å². The normalized spacial score (nSPS) is 14.5. The van der Waals surface area contributed by atoms with Crippen LogP contribution in [-0.2, 0) is 13.1 Å². The van der Waals surface area contributed by atoms with E-state index >= 15 is 0 Å². The number of aromatic nitrogens is 3. The molecule has 1 aromatic carbocycles. The Labute approximate surface area is 191 Å². The Morgan fingerprint density at radius 2 is 1.93 bits per heavy atom. The number of pyridine rings is 1. The molecule has 9 nitrogen and oxygen atoms in total. The van der Waals surface area contributed by atoms with Crippen LogP contribution in [-0.4, -0.2) is 31.5 Å². The fourth-order valence-corrected chi connectivity index (χ4v) is 3.48. The van der Waals surface area contributed by atoms with Crippen molar-refractivity contribution in [2.75, 3.05) is 0 Å². The van der Waals surface area contributed by atoms with Crippen LogP contribution in [0.2, 0.25) is 0 Å². The van der Waals surface area contributed by atoms with E-state index in [2.05, 4.69) is 25.8 Å². The van der Waals surface area contributed by atoms with Crippen molar-refractivity contribution >= 4 is 41.3 Å². The van der Waals surface area contributed by atoms with Crippen LogP contribution in [0.4, 0.5) is 5.69 Å². The molecule has 0 spiro atoms. The number of aliphatic imine (C=N–C) groups is 1. The molecule has 1 saturated carbocycles. The van der Waals surface area contributed by atoms with Gasteiger partial charge >= 0.3 is 0 Å². The molecule has 2 aromatic heterocycles. The molecule has 0 unspecified atom stereocenters. The number of rotatable bonds is 6. The van der Waals surface area contributed by atoms with Crippen LogP contribution in [0.5, 0.6) is 0 Å². The lowest BCUT2D eigenvalue weighted by atomic mass is 10.2. The van der Waals surface area contributed by atoms with Crippen molar-refractivity contribution < 1.29 is 4.92 Å². The molecule has 4 rings (SSSR count). The largest absolute Gasteiger partial charge is 0.354 e. The molecule has 3 aromatic rings. The van der Waals surface area contributed by atoms with E-state index in [4.69, 9.17) is 0 Å². The number of halogens is 1. The fourth-order valence-electron chi connectivity index (χ4n) is 3.48. The first kappa shape index (κ1) is 21.9. The quantitative estimate of drug-likeness (QED) is 0.169. The van der Waals surface area contributed by atoms with Crippen molar-refractivity contribution in [3.63, 3.8) is 0 Å². The van der Waals surface area contributed by atoms with Gasteiger partial charge in [-0.25, -0.2) is 4.99 Å². The van der Waals surface area contributed by atoms with Gasteiger partial charge in [-0.15, -0.1) is 34.2 Å². The summed E-state index contributed by atoms with van der Waals surface area (Å²) >= 11 is 0. The summed E-state index contributed by atoms with van der Waals surface area (Å²) in [5, 5.41) is 26.1. The minimum absolute atomic E-state index is 0. The fraction of sp³-hybridized carbons (Fsp3) is 0.350. The molecule has 2 N–H and O–H groups in total. The number of non-ortho nitro benzene ring substituents is 1. The van der Waals surface area contributed by atoms with Crippen LogP contribution < -0.4 is 10.6 Å². The Bertz CT molecular complexity index is 1010. The standard InChI is InChI=1S/C20H23N7O2.HI/c28-27(29)17-10-8-15(9-11-17)13-21-20(23-16-5-1-2-6-16)22-14-19-25-24-18-7-3-4-12-26(18)19;/h3-4,7-12,16H,1-2,5-6,13-14H2,(H2,21,22,23);1H. The molecule has 0 radical (unpaired) electrons. The van der Waals surface area contributed by atoms with Gasteiger partial charge in [0.2, 0.25) is 0 Å². The van der Waals surface area contributed by atoms with Gasteiger partial charge in [-0.1, -0.05) is 31.0 Å². The van der Waals surface area contributed by atoms with Gasteiger partial charge in [-0.05, 0) is 30.5 Å².